The highest BCUT2D eigenvalue weighted by Crippen LogP contribution is 2.31. The molecule has 0 atom stereocenters. The normalized spacial score (nSPS) is 11.5. The van der Waals surface area contributed by atoms with Gasteiger partial charge in [0, 0.05) is 41.3 Å². The van der Waals surface area contributed by atoms with Crippen molar-refractivity contribution < 1.29 is 4.92 Å². The molecule has 5 rings (SSSR count). The predicted octanol–water partition coefficient (Wildman–Crippen LogP) is 5.92. The average Bonchev–Trinajstić information content (AvgIpc) is 3.26. The molecule has 0 saturated heterocycles. The van der Waals surface area contributed by atoms with Crippen LogP contribution in [0.1, 0.15) is 36.7 Å². The third-order valence-corrected chi connectivity index (χ3v) is 6.26. The molecule has 5 aromatic rings. The smallest absolute Gasteiger partial charge is 0.258 e. The van der Waals surface area contributed by atoms with Gasteiger partial charge in [0.1, 0.15) is 5.82 Å². The van der Waals surface area contributed by atoms with E-state index in [2.05, 4.69) is 55.9 Å². The first-order valence-corrected chi connectivity index (χ1v) is 11.7. The van der Waals surface area contributed by atoms with Crippen LogP contribution in [0, 0.1) is 10.1 Å². The second kappa shape index (κ2) is 8.90. The molecule has 0 saturated carbocycles. The van der Waals surface area contributed by atoms with Gasteiger partial charge in [-0.1, -0.05) is 38.1 Å². The fourth-order valence-electron chi connectivity index (χ4n) is 4.20. The van der Waals surface area contributed by atoms with Crippen molar-refractivity contribution in [2.24, 2.45) is 0 Å². The topological polar surface area (TPSA) is 99.1 Å². The van der Waals surface area contributed by atoms with E-state index in [-0.39, 0.29) is 10.6 Å². The lowest BCUT2D eigenvalue weighted by molar-refractivity contribution is -0.384. The van der Waals surface area contributed by atoms with E-state index in [4.69, 9.17) is 0 Å². The van der Waals surface area contributed by atoms with E-state index >= 15 is 0 Å². The Labute approximate surface area is 204 Å². The van der Waals surface area contributed by atoms with Crippen molar-refractivity contribution in [3.63, 3.8) is 0 Å². The van der Waals surface area contributed by atoms with Gasteiger partial charge in [0.2, 0.25) is 0 Å². The first-order chi connectivity index (χ1) is 16.4. The van der Waals surface area contributed by atoms with Gasteiger partial charge in [-0.2, -0.15) is 5.10 Å². The number of aryl methyl sites for hydroxylation is 2. The van der Waals surface area contributed by atoms with E-state index in [9.17, 15) is 10.1 Å². The molecule has 8 nitrogen and oxygen atoms in total. The van der Waals surface area contributed by atoms with Crippen LogP contribution in [-0.4, -0.2) is 29.5 Å². The molecule has 0 aliphatic rings. The number of nitro groups is 1. The molecule has 3 aromatic heterocycles. The molecular formula is C25H21BrN6O2. The third kappa shape index (κ3) is 4.03. The molecule has 0 aliphatic heterocycles. The van der Waals surface area contributed by atoms with Crippen LogP contribution in [0.5, 0.6) is 0 Å². The Morgan fingerprint density at radius 3 is 2.71 bits per heavy atom. The van der Waals surface area contributed by atoms with E-state index < -0.39 is 0 Å². The number of non-ortho nitro benzene ring substituents is 1. The van der Waals surface area contributed by atoms with Gasteiger partial charge in [-0.25, -0.2) is 14.5 Å². The second-order valence-corrected chi connectivity index (χ2v) is 9.09. The number of rotatable bonds is 6. The molecule has 0 amide bonds. The minimum atomic E-state index is -0.381. The Balaban J connectivity index is 1.53. The standard InChI is InChI=1S/C25H21BrN6O2/c1-15(2)21-14-28-31-22(29-25(26)30-24(21)31)10-7-16-5-3-4-6-19(16)23-20-9-8-18(32(33)34)13-17(20)11-12-27-23/h3-6,8-9,11-15H,7,10H2,1-2H3. The van der Waals surface area contributed by atoms with Gasteiger partial charge in [-0.3, -0.25) is 15.1 Å². The summed E-state index contributed by atoms with van der Waals surface area (Å²) in [5.41, 5.74) is 4.88. The zero-order valence-corrected chi connectivity index (χ0v) is 20.2. The van der Waals surface area contributed by atoms with Gasteiger partial charge < -0.3 is 0 Å². The molecule has 3 heterocycles. The van der Waals surface area contributed by atoms with Crippen LogP contribution < -0.4 is 0 Å². The largest absolute Gasteiger partial charge is 0.270 e. The van der Waals surface area contributed by atoms with E-state index in [0.717, 1.165) is 51.0 Å². The highest BCUT2D eigenvalue weighted by molar-refractivity contribution is 9.10. The summed E-state index contributed by atoms with van der Waals surface area (Å²) in [4.78, 5) is 24.6. The fraction of sp³-hybridized carbons (Fsp3) is 0.200. The van der Waals surface area contributed by atoms with Crippen LogP contribution in [0.2, 0.25) is 0 Å². The number of fused-ring (bicyclic) bond motifs is 2. The summed E-state index contributed by atoms with van der Waals surface area (Å²) in [7, 11) is 0. The Bertz CT molecular complexity index is 1550. The zero-order chi connectivity index (χ0) is 23.8. The number of pyridine rings is 1. The van der Waals surface area contributed by atoms with Crippen molar-refractivity contribution in [1.82, 2.24) is 24.6 Å². The number of hydrogen-bond acceptors (Lipinski definition) is 6. The number of hydrogen-bond donors (Lipinski definition) is 0. The van der Waals surface area contributed by atoms with Crippen molar-refractivity contribution in [2.75, 3.05) is 0 Å². The van der Waals surface area contributed by atoms with E-state index in [1.54, 1.807) is 24.4 Å². The predicted molar refractivity (Wildman–Crippen MR) is 134 cm³/mol. The Morgan fingerprint density at radius 2 is 1.91 bits per heavy atom. The Morgan fingerprint density at radius 1 is 1.09 bits per heavy atom. The fourth-order valence-corrected chi connectivity index (χ4v) is 4.57. The molecule has 0 unspecified atom stereocenters. The lowest BCUT2D eigenvalue weighted by Crippen LogP contribution is -2.07. The highest BCUT2D eigenvalue weighted by atomic mass is 79.9. The van der Waals surface area contributed by atoms with Crippen molar-refractivity contribution in [1.29, 1.82) is 0 Å². The second-order valence-electron chi connectivity index (χ2n) is 8.38. The summed E-state index contributed by atoms with van der Waals surface area (Å²) in [6.45, 7) is 4.24. The molecular weight excluding hydrogens is 496 g/mol. The number of nitrogens with zero attached hydrogens (tertiary/aromatic N) is 6. The molecule has 0 N–H and O–H groups in total. The lowest BCUT2D eigenvalue weighted by Gasteiger charge is -2.12. The van der Waals surface area contributed by atoms with Crippen LogP contribution in [-0.2, 0) is 12.8 Å². The zero-order valence-electron chi connectivity index (χ0n) is 18.6. The van der Waals surface area contributed by atoms with Gasteiger partial charge >= 0.3 is 0 Å². The van der Waals surface area contributed by atoms with Gasteiger partial charge in [0.15, 0.2) is 10.4 Å². The molecule has 9 heteroatoms. The minimum absolute atomic E-state index is 0.0660. The Kier molecular flexibility index (Phi) is 5.79. The summed E-state index contributed by atoms with van der Waals surface area (Å²) in [6, 6.07) is 14.8. The minimum Gasteiger partial charge on any atom is -0.258 e. The molecule has 170 valence electrons. The molecule has 0 fully saturated rings. The highest BCUT2D eigenvalue weighted by Gasteiger charge is 2.16. The molecule has 0 aliphatic carbocycles. The van der Waals surface area contributed by atoms with Gasteiger partial charge in [-0.05, 0) is 51.4 Å². The first-order valence-electron chi connectivity index (χ1n) is 10.9. The van der Waals surface area contributed by atoms with Crippen molar-refractivity contribution >= 4 is 38.0 Å². The molecule has 0 radical (unpaired) electrons. The molecule has 0 spiro atoms. The van der Waals surface area contributed by atoms with Crippen molar-refractivity contribution in [3.8, 4) is 11.3 Å². The van der Waals surface area contributed by atoms with Crippen molar-refractivity contribution in [3.05, 3.63) is 92.7 Å². The van der Waals surface area contributed by atoms with E-state index in [1.165, 1.54) is 6.07 Å². The number of nitro benzene ring substituents is 1. The van der Waals surface area contributed by atoms with Gasteiger partial charge in [-0.15, -0.1) is 0 Å². The maximum Gasteiger partial charge on any atom is 0.270 e. The molecule has 0 bridgehead atoms. The van der Waals surface area contributed by atoms with Crippen LogP contribution >= 0.6 is 15.9 Å². The quantitative estimate of drug-likeness (QED) is 0.205. The van der Waals surface area contributed by atoms with Crippen molar-refractivity contribution in [2.45, 2.75) is 32.6 Å². The summed E-state index contributed by atoms with van der Waals surface area (Å²) < 4.78 is 2.36. The van der Waals surface area contributed by atoms with Crippen LogP contribution in [0.4, 0.5) is 5.69 Å². The molecule has 34 heavy (non-hydrogen) atoms. The SMILES string of the molecule is CC(C)c1cnn2c(CCc3ccccc3-c3nccc4cc([N+](=O)[O-])ccc34)nc(Br)nc12. The van der Waals surface area contributed by atoms with Gasteiger partial charge in [0.25, 0.3) is 5.69 Å². The first kappa shape index (κ1) is 22.1. The van der Waals surface area contributed by atoms with Crippen LogP contribution in [0.15, 0.2) is 65.7 Å². The third-order valence-electron chi connectivity index (χ3n) is 5.91. The molecule has 2 aromatic carbocycles. The number of aromatic nitrogens is 5. The maximum atomic E-state index is 11.2. The Hall–Kier alpha value is -3.72. The summed E-state index contributed by atoms with van der Waals surface area (Å²) in [5, 5.41) is 17.4. The average molecular weight is 517 g/mol. The maximum absolute atomic E-state index is 11.2. The summed E-state index contributed by atoms with van der Waals surface area (Å²) >= 11 is 3.45. The van der Waals surface area contributed by atoms with E-state index in [1.807, 2.05) is 28.9 Å². The lowest BCUT2D eigenvalue weighted by atomic mass is 9.96. The number of benzene rings is 2. The summed E-state index contributed by atoms with van der Waals surface area (Å²) in [6.07, 6.45) is 4.93. The van der Waals surface area contributed by atoms with Gasteiger partial charge in [0.05, 0.1) is 16.8 Å². The monoisotopic (exact) mass is 516 g/mol. The van der Waals surface area contributed by atoms with Crippen LogP contribution in [0.25, 0.3) is 27.7 Å². The van der Waals surface area contributed by atoms with E-state index in [0.29, 0.717) is 17.1 Å². The van der Waals surface area contributed by atoms with Crippen LogP contribution in [0.3, 0.4) is 0 Å². The summed E-state index contributed by atoms with van der Waals surface area (Å²) in [5.74, 6) is 1.13. The number of halogens is 1.